The van der Waals surface area contributed by atoms with E-state index in [0.29, 0.717) is 17.5 Å². The number of amides is 1. The molecule has 3 N–H and O–H groups in total. The number of hydrogen-bond acceptors (Lipinski definition) is 6. The minimum Gasteiger partial charge on any atom is -0.486 e. The number of nitrogens with one attached hydrogen (secondary N) is 1. The number of nitrogens with two attached hydrogens (primary N) is 1. The van der Waals surface area contributed by atoms with Crippen molar-refractivity contribution < 1.29 is 9.53 Å². The number of hydrogen-bond donors (Lipinski definition) is 2. The quantitative estimate of drug-likeness (QED) is 0.411. The highest BCUT2D eigenvalue weighted by Gasteiger charge is 2.15. The number of benzene rings is 2. The van der Waals surface area contributed by atoms with E-state index >= 15 is 0 Å². The average molecular weight is 440 g/mol. The van der Waals surface area contributed by atoms with Crippen LogP contribution in [0, 0.1) is 6.92 Å². The Morgan fingerprint density at radius 1 is 1.10 bits per heavy atom. The van der Waals surface area contributed by atoms with Crippen molar-refractivity contribution in [2.75, 3.05) is 11.6 Å². The van der Waals surface area contributed by atoms with Gasteiger partial charge in [0, 0.05) is 6.54 Å². The van der Waals surface area contributed by atoms with Crippen LogP contribution in [-0.4, -0.2) is 26.5 Å². The fraction of sp³-hybridized carbons (Fsp3) is 0.348. The summed E-state index contributed by atoms with van der Waals surface area (Å²) >= 11 is 1.24. The molecule has 164 valence electrons. The molecule has 0 spiro atoms. The van der Waals surface area contributed by atoms with Gasteiger partial charge in [0.15, 0.2) is 5.82 Å². The molecule has 0 bridgehead atoms. The number of carbonyl (C=O) groups is 1. The van der Waals surface area contributed by atoms with Crippen LogP contribution < -0.4 is 15.9 Å². The summed E-state index contributed by atoms with van der Waals surface area (Å²) < 4.78 is 7.15. The summed E-state index contributed by atoms with van der Waals surface area (Å²) in [6, 6.07) is 16.0. The molecule has 0 fully saturated rings. The van der Waals surface area contributed by atoms with Crippen molar-refractivity contribution in [3.8, 4) is 5.75 Å². The predicted octanol–water partition coefficient (Wildman–Crippen LogP) is 3.59. The highest BCUT2D eigenvalue weighted by atomic mass is 32.2. The molecule has 1 amide bonds. The van der Waals surface area contributed by atoms with Crippen molar-refractivity contribution in [1.29, 1.82) is 0 Å². The average Bonchev–Trinajstić information content (AvgIpc) is 3.09. The Morgan fingerprint density at radius 2 is 1.77 bits per heavy atom. The molecule has 0 saturated heterocycles. The Hall–Kier alpha value is -3.00. The normalized spacial score (nSPS) is 11.4. The van der Waals surface area contributed by atoms with E-state index in [0.717, 1.165) is 11.3 Å². The smallest absolute Gasteiger partial charge is 0.230 e. The Morgan fingerprint density at radius 3 is 2.42 bits per heavy atom. The second-order valence-corrected chi connectivity index (χ2v) is 9.33. The van der Waals surface area contributed by atoms with Gasteiger partial charge in [-0.15, -0.1) is 10.2 Å². The molecule has 0 atom stereocenters. The lowest BCUT2D eigenvalue weighted by molar-refractivity contribution is -0.118. The first kappa shape index (κ1) is 22.7. The summed E-state index contributed by atoms with van der Waals surface area (Å²) in [6.07, 6.45) is 0. The number of aryl methyl sites for hydroxylation is 1. The standard InChI is InChI=1S/C23H29N5O2S/c1-16-5-7-17(8-6-16)13-25-21(29)15-31-22-27-26-20(28(22)24)14-30-19-11-9-18(10-12-19)23(2,3)4/h5-12H,13-15,24H2,1-4H3,(H,25,29). The molecule has 0 radical (unpaired) electrons. The Kier molecular flexibility index (Phi) is 7.22. The van der Waals surface area contributed by atoms with E-state index in [1.165, 1.54) is 27.6 Å². The van der Waals surface area contributed by atoms with Gasteiger partial charge in [-0.1, -0.05) is 74.5 Å². The van der Waals surface area contributed by atoms with E-state index in [4.69, 9.17) is 10.6 Å². The van der Waals surface area contributed by atoms with E-state index in [1.54, 1.807) is 0 Å². The van der Waals surface area contributed by atoms with Crippen molar-refractivity contribution in [2.45, 2.75) is 51.4 Å². The fourth-order valence-corrected chi connectivity index (χ4v) is 3.50. The first-order valence-corrected chi connectivity index (χ1v) is 11.1. The van der Waals surface area contributed by atoms with E-state index in [9.17, 15) is 4.79 Å². The summed E-state index contributed by atoms with van der Waals surface area (Å²) in [5.74, 6) is 7.41. The second kappa shape index (κ2) is 9.87. The first-order chi connectivity index (χ1) is 14.7. The number of nitrogens with zero attached hydrogens (tertiary/aromatic N) is 3. The number of rotatable bonds is 8. The highest BCUT2D eigenvalue weighted by molar-refractivity contribution is 7.99. The SMILES string of the molecule is Cc1ccc(CNC(=O)CSc2nnc(COc3ccc(C(C)(C)C)cc3)n2N)cc1. The molecule has 0 saturated carbocycles. The van der Waals surface area contributed by atoms with Crippen LogP contribution in [0.2, 0.25) is 0 Å². The maximum Gasteiger partial charge on any atom is 0.230 e. The highest BCUT2D eigenvalue weighted by Crippen LogP contribution is 2.24. The lowest BCUT2D eigenvalue weighted by Crippen LogP contribution is -2.25. The van der Waals surface area contributed by atoms with Crippen LogP contribution in [0.15, 0.2) is 53.7 Å². The minimum atomic E-state index is -0.0923. The Balaban J connectivity index is 1.47. The maximum absolute atomic E-state index is 12.1. The summed E-state index contributed by atoms with van der Waals surface area (Å²) in [5.41, 5.74) is 3.57. The number of nitrogen functional groups attached to an aromatic ring is 1. The summed E-state index contributed by atoms with van der Waals surface area (Å²) in [4.78, 5) is 12.1. The number of ether oxygens (including phenoxy) is 1. The van der Waals surface area contributed by atoms with Gasteiger partial charge in [-0.25, -0.2) is 4.68 Å². The zero-order valence-corrected chi connectivity index (χ0v) is 19.2. The third-order valence-corrected chi connectivity index (χ3v) is 5.71. The van der Waals surface area contributed by atoms with Crippen molar-refractivity contribution in [2.24, 2.45) is 0 Å². The third kappa shape index (κ3) is 6.49. The largest absolute Gasteiger partial charge is 0.486 e. The van der Waals surface area contributed by atoms with Crippen LogP contribution >= 0.6 is 11.8 Å². The summed E-state index contributed by atoms with van der Waals surface area (Å²) in [6.45, 7) is 9.22. The van der Waals surface area contributed by atoms with Gasteiger partial charge in [-0.05, 0) is 35.6 Å². The second-order valence-electron chi connectivity index (χ2n) is 8.38. The van der Waals surface area contributed by atoms with Crippen LogP contribution in [0.1, 0.15) is 43.3 Å². The van der Waals surface area contributed by atoms with E-state index < -0.39 is 0 Å². The van der Waals surface area contributed by atoms with Gasteiger partial charge in [0.25, 0.3) is 0 Å². The molecule has 7 nitrogen and oxygen atoms in total. The van der Waals surface area contributed by atoms with E-state index in [1.807, 2.05) is 43.3 Å². The first-order valence-electron chi connectivity index (χ1n) is 10.1. The molecule has 0 unspecified atom stereocenters. The molecule has 3 aromatic rings. The van der Waals surface area contributed by atoms with Crippen molar-refractivity contribution in [3.63, 3.8) is 0 Å². The van der Waals surface area contributed by atoms with Gasteiger partial charge < -0.3 is 15.9 Å². The third-order valence-electron chi connectivity index (χ3n) is 4.77. The number of aromatic nitrogens is 3. The molecular formula is C23H29N5O2S. The summed E-state index contributed by atoms with van der Waals surface area (Å²) in [5, 5.41) is 11.5. The van der Waals surface area contributed by atoms with Crippen molar-refractivity contribution in [3.05, 3.63) is 71.0 Å². The number of carbonyl (C=O) groups excluding carboxylic acids is 1. The van der Waals surface area contributed by atoms with Gasteiger partial charge in [-0.2, -0.15) is 0 Å². The van der Waals surface area contributed by atoms with Crippen LogP contribution in [0.4, 0.5) is 0 Å². The van der Waals surface area contributed by atoms with Crippen LogP contribution in [0.5, 0.6) is 5.75 Å². The van der Waals surface area contributed by atoms with Gasteiger partial charge in [0.1, 0.15) is 12.4 Å². The van der Waals surface area contributed by atoms with Crippen LogP contribution in [0.25, 0.3) is 0 Å². The molecule has 0 aliphatic heterocycles. The van der Waals surface area contributed by atoms with Crippen molar-refractivity contribution >= 4 is 17.7 Å². The van der Waals surface area contributed by atoms with Gasteiger partial charge in [-0.3, -0.25) is 4.79 Å². The van der Waals surface area contributed by atoms with E-state index in [-0.39, 0.29) is 23.7 Å². The number of thioether (sulfide) groups is 1. The van der Waals surface area contributed by atoms with Gasteiger partial charge >= 0.3 is 0 Å². The van der Waals surface area contributed by atoms with E-state index in [2.05, 4.69) is 48.4 Å². The predicted molar refractivity (Wildman–Crippen MR) is 123 cm³/mol. The monoisotopic (exact) mass is 439 g/mol. The zero-order valence-electron chi connectivity index (χ0n) is 18.4. The molecule has 1 heterocycles. The molecule has 2 aromatic carbocycles. The molecule has 1 aromatic heterocycles. The summed E-state index contributed by atoms with van der Waals surface area (Å²) in [7, 11) is 0. The molecule has 0 aliphatic rings. The maximum atomic E-state index is 12.1. The topological polar surface area (TPSA) is 95.1 Å². The van der Waals surface area contributed by atoms with Gasteiger partial charge in [0.2, 0.25) is 11.1 Å². The zero-order chi connectivity index (χ0) is 22.4. The lowest BCUT2D eigenvalue weighted by Gasteiger charge is -2.19. The van der Waals surface area contributed by atoms with Crippen molar-refractivity contribution in [1.82, 2.24) is 20.2 Å². The lowest BCUT2D eigenvalue weighted by atomic mass is 9.87. The fourth-order valence-electron chi connectivity index (χ4n) is 2.79. The Labute approximate surface area is 187 Å². The molecular weight excluding hydrogens is 410 g/mol. The van der Waals surface area contributed by atoms with Gasteiger partial charge in [0.05, 0.1) is 5.75 Å². The van der Waals surface area contributed by atoms with Crippen LogP contribution in [-0.2, 0) is 23.4 Å². The van der Waals surface area contributed by atoms with Crippen LogP contribution in [0.3, 0.4) is 0 Å². The molecule has 0 aliphatic carbocycles. The molecule has 3 rings (SSSR count). The molecule has 8 heteroatoms. The Bertz CT molecular complexity index is 1010. The minimum absolute atomic E-state index is 0.0918. The molecule has 31 heavy (non-hydrogen) atoms.